The van der Waals surface area contributed by atoms with E-state index < -0.39 is 71.9 Å². The van der Waals surface area contributed by atoms with E-state index in [4.69, 9.17) is 28.7 Å². The lowest BCUT2D eigenvalue weighted by atomic mass is 9.98. The molecule has 0 aromatic carbocycles. The standard InChI is InChI=1S/C22H41N9O7/c1-11(2)16(17(34)18(25)35)31-21(38)14(10-15(32)33)30-20(37)13(7-3-4-8-23)29-19(36)12(24)6-5-9-28-22(26)27/h11-14,16H,3-10,23-24H2,1-2H3,(H2,25,35)(H,29,36)(H,30,37)(H,31,38)(H,32,33)(H4,26,27,28)/t12-,13-,14-,16-/m0/s1. The summed E-state index contributed by atoms with van der Waals surface area (Å²) < 4.78 is 0. The maximum atomic E-state index is 13.0. The summed E-state index contributed by atoms with van der Waals surface area (Å²) in [6.45, 7) is 3.67. The topological polar surface area (TPSA) is 301 Å². The first-order chi connectivity index (χ1) is 17.7. The number of aliphatic carboxylic acids is 1. The second-order valence-electron chi connectivity index (χ2n) is 9.02. The number of amides is 4. The fraction of sp³-hybridized carbons (Fsp3) is 0.682. The fourth-order valence-electron chi connectivity index (χ4n) is 3.29. The van der Waals surface area contributed by atoms with Gasteiger partial charge >= 0.3 is 5.97 Å². The van der Waals surface area contributed by atoms with Gasteiger partial charge in [-0.1, -0.05) is 13.8 Å². The molecule has 216 valence electrons. The van der Waals surface area contributed by atoms with E-state index in [1.54, 1.807) is 13.8 Å². The molecule has 0 aromatic rings. The van der Waals surface area contributed by atoms with Crippen LogP contribution in [-0.4, -0.2) is 83.7 Å². The zero-order valence-corrected chi connectivity index (χ0v) is 21.8. The first-order valence-electron chi connectivity index (χ1n) is 12.2. The van der Waals surface area contributed by atoms with Crippen LogP contribution in [0.3, 0.4) is 0 Å². The van der Waals surface area contributed by atoms with Crippen molar-refractivity contribution in [1.29, 1.82) is 0 Å². The molecule has 0 aliphatic heterocycles. The summed E-state index contributed by atoms with van der Waals surface area (Å²) in [6.07, 6.45) is 0.890. The van der Waals surface area contributed by atoms with Crippen LogP contribution in [0.2, 0.25) is 0 Å². The van der Waals surface area contributed by atoms with Crippen molar-refractivity contribution in [2.45, 2.75) is 76.5 Å². The minimum absolute atomic E-state index is 0.0988. The zero-order chi connectivity index (χ0) is 29.4. The first kappa shape index (κ1) is 34.2. The minimum atomic E-state index is -1.62. The molecule has 0 rings (SSSR count). The zero-order valence-electron chi connectivity index (χ0n) is 21.8. The number of primary amides is 1. The summed E-state index contributed by atoms with van der Waals surface area (Å²) in [5.41, 5.74) is 26.9. The van der Waals surface area contributed by atoms with Crippen molar-refractivity contribution in [2.24, 2.45) is 39.6 Å². The largest absolute Gasteiger partial charge is 0.481 e. The van der Waals surface area contributed by atoms with Gasteiger partial charge in [-0.25, -0.2) is 0 Å². The number of unbranched alkanes of at least 4 members (excludes halogenated alkanes) is 1. The number of carboxylic acid groups (broad SMARTS) is 1. The van der Waals surface area contributed by atoms with E-state index >= 15 is 0 Å². The highest BCUT2D eigenvalue weighted by Crippen LogP contribution is 2.07. The second kappa shape index (κ2) is 17.6. The fourth-order valence-corrected chi connectivity index (χ4v) is 3.29. The third kappa shape index (κ3) is 13.5. The summed E-state index contributed by atoms with van der Waals surface area (Å²) in [5, 5.41) is 16.4. The number of hydrogen-bond donors (Lipinski definition) is 9. The SMILES string of the molecule is CC(C)[C@H](NC(=O)[C@H](CC(=O)O)NC(=O)[C@H](CCCCN)NC(=O)[C@@H](N)CCCN=C(N)N)C(=O)C(N)=O. The van der Waals surface area contributed by atoms with Gasteiger partial charge in [0.25, 0.3) is 5.91 Å². The molecule has 0 radical (unpaired) electrons. The van der Waals surface area contributed by atoms with E-state index in [0.717, 1.165) is 0 Å². The molecule has 0 heterocycles. The molecule has 0 saturated heterocycles. The predicted octanol–water partition coefficient (Wildman–Crippen LogP) is -3.86. The number of carboxylic acids is 1. The average molecular weight is 544 g/mol. The van der Waals surface area contributed by atoms with Crippen molar-refractivity contribution in [3.05, 3.63) is 0 Å². The van der Waals surface area contributed by atoms with Gasteiger partial charge in [-0.15, -0.1) is 0 Å². The molecule has 4 amide bonds. The number of nitrogens with two attached hydrogens (primary N) is 5. The molecule has 0 saturated carbocycles. The molecule has 38 heavy (non-hydrogen) atoms. The summed E-state index contributed by atoms with van der Waals surface area (Å²) >= 11 is 0. The van der Waals surface area contributed by atoms with Crippen LogP contribution in [0.25, 0.3) is 0 Å². The Kier molecular flexibility index (Phi) is 15.9. The normalized spacial score (nSPS) is 13.9. The Bertz CT molecular complexity index is 875. The van der Waals surface area contributed by atoms with Crippen LogP contribution >= 0.6 is 0 Å². The molecule has 16 nitrogen and oxygen atoms in total. The monoisotopic (exact) mass is 543 g/mol. The molecular weight excluding hydrogens is 502 g/mol. The van der Waals surface area contributed by atoms with Gasteiger partial charge in [0.15, 0.2) is 5.96 Å². The molecule has 4 atom stereocenters. The lowest BCUT2D eigenvalue weighted by Crippen LogP contribution is -2.58. The molecule has 0 aliphatic carbocycles. The number of guanidine groups is 1. The average Bonchev–Trinajstić information content (AvgIpc) is 2.82. The molecule has 16 heteroatoms. The number of hydrogen-bond acceptors (Lipinski definition) is 9. The predicted molar refractivity (Wildman–Crippen MR) is 138 cm³/mol. The van der Waals surface area contributed by atoms with Crippen molar-refractivity contribution >= 4 is 41.3 Å². The lowest BCUT2D eigenvalue weighted by Gasteiger charge is -2.26. The van der Waals surface area contributed by atoms with Crippen molar-refractivity contribution < 1.29 is 33.9 Å². The van der Waals surface area contributed by atoms with Gasteiger partial charge in [-0.2, -0.15) is 0 Å². The molecule has 0 unspecified atom stereocenters. The Balaban J connectivity index is 5.57. The quantitative estimate of drug-likeness (QED) is 0.0328. The third-order valence-corrected chi connectivity index (χ3v) is 5.39. The van der Waals surface area contributed by atoms with E-state index in [9.17, 15) is 33.9 Å². The Morgan fingerprint density at radius 1 is 0.816 bits per heavy atom. The Morgan fingerprint density at radius 3 is 1.89 bits per heavy atom. The van der Waals surface area contributed by atoms with Crippen molar-refractivity contribution in [1.82, 2.24) is 16.0 Å². The highest BCUT2D eigenvalue weighted by molar-refractivity contribution is 6.38. The Hall–Kier alpha value is -3.79. The highest BCUT2D eigenvalue weighted by atomic mass is 16.4. The Labute approximate surface area is 220 Å². The van der Waals surface area contributed by atoms with Crippen molar-refractivity contribution in [3.63, 3.8) is 0 Å². The number of nitrogens with one attached hydrogen (secondary N) is 3. The molecule has 0 aromatic heterocycles. The number of rotatable bonds is 19. The van der Waals surface area contributed by atoms with Crippen LogP contribution in [0, 0.1) is 5.92 Å². The second-order valence-corrected chi connectivity index (χ2v) is 9.02. The van der Waals surface area contributed by atoms with Crippen LogP contribution in [0.1, 0.15) is 52.4 Å². The van der Waals surface area contributed by atoms with Crippen LogP contribution in [0.5, 0.6) is 0 Å². The number of Topliss-reactive ketones (excluding diaryl/α,β-unsaturated/α-hetero) is 1. The van der Waals surface area contributed by atoms with Crippen molar-refractivity contribution in [2.75, 3.05) is 13.1 Å². The van der Waals surface area contributed by atoms with E-state index in [1.807, 2.05) is 0 Å². The van der Waals surface area contributed by atoms with Crippen LogP contribution < -0.4 is 44.6 Å². The lowest BCUT2D eigenvalue weighted by molar-refractivity contribution is -0.142. The maximum absolute atomic E-state index is 13.0. The minimum Gasteiger partial charge on any atom is -0.481 e. The molecule has 0 bridgehead atoms. The smallest absolute Gasteiger partial charge is 0.305 e. The number of carbonyl (C=O) groups is 6. The third-order valence-electron chi connectivity index (χ3n) is 5.39. The molecule has 14 N–H and O–H groups in total. The van der Waals surface area contributed by atoms with Gasteiger partial charge in [-0.3, -0.25) is 33.8 Å². The van der Waals surface area contributed by atoms with E-state index in [2.05, 4.69) is 20.9 Å². The van der Waals surface area contributed by atoms with E-state index in [-0.39, 0.29) is 25.3 Å². The van der Waals surface area contributed by atoms with Crippen LogP contribution in [0.4, 0.5) is 0 Å². The molecule has 0 fully saturated rings. The number of aliphatic imine (C=N–C) groups is 1. The van der Waals surface area contributed by atoms with Gasteiger partial charge in [0.1, 0.15) is 12.1 Å². The highest BCUT2D eigenvalue weighted by Gasteiger charge is 2.33. The first-order valence-corrected chi connectivity index (χ1v) is 12.2. The van der Waals surface area contributed by atoms with E-state index in [0.29, 0.717) is 25.8 Å². The van der Waals surface area contributed by atoms with Gasteiger partial charge in [0.2, 0.25) is 23.5 Å². The molecule has 0 aliphatic rings. The van der Waals surface area contributed by atoms with Crippen LogP contribution in [0.15, 0.2) is 4.99 Å². The van der Waals surface area contributed by atoms with Gasteiger partial charge in [0.05, 0.1) is 18.5 Å². The number of carbonyl (C=O) groups excluding carboxylic acids is 5. The molecule has 0 spiro atoms. The maximum Gasteiger partial charge on any atom is 0.305 e. The van der Waals surface area contributed by atoms with Crippen molar-refractivity contribution in [3.8, 4) is 0 Å². The van der Waals surface area contributed by atoms with Gasteiger partial charge in [-0.05, 0) is 44.6 Å². The van der Waals surface area contributed by atoms with Gasteiger partial charge in [0, 0.05) is 6.54 Å². The summed E-state index contributed by atoms with van der Waals surface area (Å²) in [5.74, 6) is -6.93. The van der Waals surface area contributed by atoms with E-state index in [1.165, 1.54) is 0 Å². The Morgan fingerprint density at radius 2 is 1.39 bits per heavy atom. The summed E-state index contributed by atoms with van der Waals surface area (Å²) in [6, 6.07) is -5.09. The molecular formula is C22H41N9O7. The summed E-state index contributed by atoms with van der Waals surface area (Å²) in [4.78, 5) is 77.0. The van der Waals surface area contributed by atoms with Crippen LogP contribution in [-0.2, 0) is 28.8 Å². The summed E-state index contributed by atoms with van der Waals surface area (Å²) in [7, 11) is 0. The number of ketones is 1. The number of nitrogens with zero attached hydrogens (tertiary/aromatic N) is 1. The van der Waals surface area contributed by atoms with Gasteiger partial charge < -0.3 is 49.7 Å².